The van der Waals surface area contributed by atoms with Crippen molar-refractivity contribution < 1.29 is 17.9 Å². The average Bonchev–Trinajstić information content (AvgIpc) is 2.29. The molecule has 102 valence electrons. The minimum absolute atomic E-state index is 0.113. The highest BCUT2D eigenvalue weighted by atomic mass is 32.2. The van der Waals surface area contributed by atoms with Gasteiger partial charge in [-0.3, -0.25) is 0 Å². The minimum atomic E-state index is -3.85. The highest BCUT2D eigenvalue weighted by Crippen LogP contribution is 2.24. The quantitative estimate of drug-likeness (QED) is 0.563. The summed E-state index contributed by atoms with van der Waals surface area (Å²) >= 11 is 0. The van der Waals surface area contributed by atoms with Crippen LogP contribution >= 0.6 is 0 Å². The van der Waals surface area contributed by atoms with Crippen LogP contribution in [0.4, 0.5) is 5.69 Å². The number of ether oxygens (including phenoxy) is 2. The minimum Gasteiger partial charge on any atom is -0.490 e. The maximum absolute atomic E-state index is 11.4. The van der Waals surface area contributed by atoms with E-state index in [9.17, 15) is 8.42 Å². The summed E-state index contributed by atoms with van der Waals surface area (Å²) in [5.41, 5.74) is 5.83. The van der Waals surface area contributed by atoms with Gasteiger partial charge in [-0.1, -0.05) is 6.92 Å². The number of hydrogen-bond acceptors (Lipinski definition) is 5. The first-order chi connectivity index (χ1) is 8.45. The molecule has 0 unspecified atom stereocenters. The van der Waals surface area contributed by atoms with E-state index < -0.39 is 10.0 Å². The van der Waals surface area contributed by atoms with Crippen molar-refractivity contribution in [3.63, 3.8) is 0 Å². The van der Waals surface area contributed by atoms with E-state index in [2.05, 4.69) is 0 Å². The van der Waals surface area contributed by atoms with Crippen LogP contribution in [0.2, 0.25) is 0 Å². The number of anilines is 1. The first kappa shape index (κ1) is 14.7. The van der Waals surface area contributed by atoms with Crippen molar-refractivity contribution in [1.29, 1.82) is 0 Å². The molecule has 0 aromatic heterocycles. The van der Waals surface area contributed by atoms with Gasteiger partial charge in [0, 0.05) is 12.3 Å². The lowest BCUT2D eigenvalue weighted by molar-refractivity contribution is 0.0996. The largest absolute Gasteiger partial charge is 0.490 e. The number of primary sulfonamides is 1. The predicted octanol–water partition coefficient (Wildman–Crippen LogP) is 0.722. The Labute approximate surface area is 107 Å². The van der Waals surface area contributed by atoms with Crippen LogP contribution in [0, 0.1) is 0 Å². The Morgan fingerprint density at radius 2 is 1.94 bits per heavy atom. The maximum Gasteiger partial charge on any atom is 0.241 e. The summed E-state index contributed by atoms with van der Waals surface area (Å²) in [7, 11) is -3.85. The van der Waals surface area contributed by atoms with Gasteiger partial charge in [0.05, 0.1) is 6.61 Å². The zero-order valence-electron chi connectivity index (χ0n) is 10.3. The Kier molecular flexibility index (Phi) is 5.39. The molecule has 0 amide bonds. The lowest BCUT2D eigenvalue weighted by atomic mass is 10.3. The van der Waals surface area contributed by atoms with Crippen LogP contribution in [0.1, 0.15) is 13.3 Å². The molecule has 0 heterocycles. The molecular formula is C11H18N2O4S. The molecule has 0 bridgehead atoms. The molecule has 18 heavy (non-hydrogen) atoms. The van der Waals surface area contributed by atoms with E-state index in [4.69, 9.17) is 20.3 Å². The summed E-state index contributed by atoms with van der Waals surface area (Å²) < 4.78 is 33.3. The summed E-state index contributed by atoms with van der Waals surface area (Å²) in [4.78, 5) is -0.113. The number of benzene rings is 1. The molecule has 0 radical (unpaired) electrons. The van der Waals surface area contributed by atoms with Crippen molar-refractivity contribution in [1.82, 2.24) is 0 Å². The lowest BCUT2D eigenvalue weighted by Gasteiger charge is -2.11. The van der Waals surface area contributed by atoms with Gasteiger partial charge in [0.2, 0.25) is 10.0 Å². The van der Waals surface area contributed by atoms with Gasteiger partial charge < -0.3 is 15.2 Å². The van der Waals surface area contributed by atoms with Crippen LogP contribution in [-0.4, -0.2) is 28.2 Å². The fraction of sp³-hybridized carbons (Fsp3) is 0.455. The molecule has 1 aromatic rings. The molecule has 0 aliphatic carbocycles. The van der Waals surface area contributed by atoms with Gasteiger partial charge in [-0.25, -0.2) is 13.6 Å². The zero-order valence-corrected chi connectivity index (χ0v) is 11.1. The molecule has 0 spiro atoms. The smallest absolute Gasteiger partial charge is 0.241 e. The van der Waals surface area contributed by atoms with Gasteiger partial charge in [-0.15, -0.1) is 0 Å². The van der Waals surface area contributed by atoms with Crippen molar-refractivity contribution in [3.8, 4) is 5.75 Å². The molecule has 0 fully saturated rings. The molecule has 0 aliphatic heterocycles. The van der Waals surface area contributed by atoms with Gasteiger partial charge in [-0.05, 0) is 24.6 Å². The maximum atomic E-state index is 11.4. The summed E-state index contributed by atoms with van der Waals surface area (Å²) in [5.74, 6) is 0.187. The van der Waals surface area contributed by atoms with Gasteiger partial charge in [0.1, 0.15) is 17.3 Å². The monoisotopic (exact) mass is 274 g/mol. The lowest BCUT2D eigenvalue weighted by Crippen LogP contribution is -2.15. The second kappa shape index (κ2) is 6.58. The third-order valence-electron chi connectivity index (χ3n) is 2.11. The number of rotatable bonds is 7. The number of nitrogens with two attached hydrogens (primary N) is 2. The van der Waals surface area contributed by atoms with Crippen LogP contribution in [0.15, 0.2) is 23.1 Å². The summed E-state index contributed by atoms with van der Waals surface area (Å²) in [5, 5.41) is 5.08. The number of hydrogen-bond donors (Lipinski definition) is 2. The molecule has 1 aromatic carbocycles. The molecule has 4 N–H and O–H groups in total. The van der Waals surface area contributed by atoms with E-state index >= 15 is 0 Å². The average molecular weight is 274 g/mol. The van der Waals surface area contributed by atoms with Crippen molar-refractivity contribution in [2.75, 3.05) is 25.6 Å². The first-order valence-corrected chi connectivity index (χ1v) is 7.12. The highest BCUT2D eigenvalue weighted by molar-refractivity contribution is 7.89. The van der Waals surface area contributed by atoms with Crippen molar-refractivity contribution in [2.24, 2.45) is 5.14 Å². The fourth-order valence-electron chi connectivity index (χ4n) is 1.32. The van der Waals surface area contributed by atoms with Gasteiger partial charge >= 0.3 is 0 Å². The van der Waals surface area contributed by atoms with Gasteiger partial charge in [0.25, 0.3) is 0 Å². The Morgan fingerprint density at radius 1 is 1.22 bits per heavy atom. The van der Waals surface area contributed by atoms with E-state index in [1.54, 1.807) is 6.07 Å². The molecule has 6 nitrogen and oxygen atoms in total. The summed E-state index contributed by atoms with van der Waals surface area (Å²) in [6, 6.07) is 4.31. The van der Waals surface area contributed by atoms with E-state index in [-0.39, 0.29) is 17.3 Å². The van der Waals surface area contributed by atoms with Crippen LogP contribution in [0.3, 0.4) is 0 Å². The third kappa shape index (κ3) is 4.52. The van der Waals surface area contributed by atoms with Crippen molar-refractivity contribution in [3.05, 3.63) is 18.2 Å². The second-order valence-corrected chi connectivity index (χ2v) is 5.24. The number of nitrogen functional groups attached to an aromatic ring is 1. The molecule has 0 atom stereocenters. The second-order valence-electron chi connectivity index (χ2n) is 3.71. The van der Waals surface area contributed by atoms with E-state index in [1.807, 2.05) is 6.92 Å². The van der Waals surface area contributed by atoms with Crippen molar-refractivity contribution >= 4 is 15.7 Å². The number of sulfonamides is 1. The third-order valence-corrected chi connectivity index (χ3v) is 3.04. The Balaban J connectivity index is 2.71. The summed E-state index contributed by atoms with van der Waals surface area (Å²) in [6.45, 7) is 3.29. The Morgan fingerprint density at radius 3 is 2.56 bits per heavy atom. The zero-order chi connectivity index (χ0) is 13.6. The fourth-order valence-corrected chi connectivity index (χ4v) is 2.03. The molecule has 0 saturated carbocycles. The SMILES string of the molecule is CCCOCCOc1ccc(N)cc1S(N)(=O)=O. The van der Waals surface area contributed by atoms with Crippen LogP contribution in [0.5, 0.6) is 5.75 Å². The van der Waals surface area contributed by atoms with Gasteiger partial charge in [0.15, 0.2) is 0 Å². The van der Waals surface area contributed by atoms with Crippen LogP contribution in [0.25, 0.3) is 0 Å². The Hall–Kier alpha value is -1.31. The van der Waals surface area contributed by atoms with Gasteiger partial charge in [-0.2, -0.15) is 0 Å². The van der Waals surface area contributed by atoms with Crippen LogP contribution < -0.4 is 15.6 Å². The van der Waals surface area contributed by atoms with Crippen LogP contribution in [-0.2, 0) is 14.8 Å². The van der Waals surface area contributed by atoms with E-state index in [1.165, 1.54) is 12.1 Å². The summed E-state index contributed by atoms with van der Waals surface area (Å²) in [6.07, 6.45) is 0.921. The van der Waals surface area contributed by atoms with E-state index in [0.717, 1.165) is 6.42 Å². The molecule has 0 aliphatic rings. The Bertz CT molecular complexity index is 488. The first-order valence-electron chi connectivity index (χ1n) is 5.58. The molecular weight excluding hydrogens is 256 g/mol. The van der Waals surface area contributed by atoms with E-state index in [0.29, 0.717) is 18.9 Å². The molecule has 0 saturated heterocycles. The standard InChI is InChI=1S/C11H18N2O4S/c1-2-5-16-6-7-17-10-4-3-9(12)8-11(10)18(13,14)15/h3-4,8H,2,5-7,12H2,1H3,(H2,13,14,15). The molecule has 7 heteroatoms. The topological polar surface area (TPSA) is 105 Å². The predicted molar refractivity (Wildman–Crippen MR) is 68.8 cm³/mol. The highest BCUT2D eigenvalue weighted by Gasteiger charge is 2.15. The normalized spacial score (nSPS) is 11.4. The molecule has 1 rings (SSSR count). The van der Waals surface area contributed by atoms with Crippen molar-refractivity contribution in [2.45, 2.75) is 18.2 Å².